The summed E-state index contributed by atoms with van der Waals surface area (Å²) in [6.07, 6.45) is 1.56. The van der Waals surface area contributed by atoms with Gasteiger partial charge in [0.2, 0.25) is 0 Å². The van der Waals surface area contributed by atoms with Crippen molar-refractivity contribution in [1.29, 1.82) is 0 Å². The zero-order valence-electron chi connectivity index (χ0n) is 16.0. The fourth-order valence-electron chi connectivity index (χ4n) is 2.50. The first kappa shape index (κ1) is 20.4. The Balaban J connectivity index is 1.44. The van der Waals surface area contributed by atoms with E-state index in [-0.39, 0.29) is 12.5 Å². The Morgan fingerprint density at radius 1 is 1.00 bits per heavy atom. The van der Waals surface area contributed by atoms with Crippen molar-refractivity contribution in [2.75, 3.05) is 6.61 Å². The number of para-hydroxylation sites is 1. The van der Waals surface area contributed by atoms with Crippen molar-refractivity contribution >= 4 is 23.7 Å². The fraction of sp³-hybridized carbons (Fsp3) is 0.130. The van der Waals surface area contributed by atoms with Gasteiger partial charge in [0.1, 0.15) is 18.1 Å². The minimum absolute atomic E-state index is 0.100. The number of halogens is 1. The minimum atomic E-state index is -0.329. The van der Waals surface area contributed by atoms with Crippen molar-refractivity contribution in [2.24, 2.45) is 5.10 Å². The number of carbonyl (C=O) groups is 1. The molecule has 3 aromatic carbocycles. The van der Waals surface area contributed by atoms with Crippen LogP contribution in [0.25, 0.3) is 0 Å². The molecule has 3 aromatic rings. The van der Waals surface area contributed by atoms with Crippen LogP contribution in [0.5, 0.6) is 11.5 Å². The lowest BCUT2D eigenvalue weighted by Gasteiger charge is -2.08. The molecule has 0 saturated heterocycles. The van der Waals surface area contributed by atoms with Gasteiger partial charge in [-0.1, -0.05) is 48.0 Å². The quantitative estimate of drug-likeness (QED) is 0.432. The summed E-state index contributed by atoms with van der Waals surface area (Å²) in [5, 5.41) is 4.63. The van der Waals surface area contributed by atoms with Gasteiger partial charge in [-0.3, -0.25) is 4.79 Å². The Hall–Kier alpha value is -3.31. The van der Waals surface area contributed by atoms with Crippen LogP contribution in [0.1, 0.15) is 16.7 Å². The number of carbonyl (C=O) groups excluding carboxylic acids is 1. The zero-order valence-corrected chi connectivity index (χ0v) is 16.7. The SMILES string of the molecule is Cc1ccccc1OCC(=O)N/N=C\c1ccc(OCc2ccccc2Cl)cc1. The summed E-state index contributed by atoms with van der Waals surface area (Å²) in [5.41, 5.74) is 5.18. The molecule has 0 fully saturated rings. The number of hydrazone groups is 1. The third-order valence-electron chi connectivity index (χ3n) is 4.09. The van der Waals surface area contributed by atoms with Gasteiger partial charge in [-0.2, -0.15) is 5.10 Å². The van der Waals surface area contributed by atoms with Gasteiger partial charge < -0.3 is 9.47 Å². The van der Waals surface area contributed by atoms with Crippen molar-refractivity contribution in [3.63, 3.8) is 0 Å². The standard InChI is InChI=1S/C23H21ClN2O3/c1-17-6-2-5-9-22(17)29-16-23(27)26-25-14-18-10-12-20(13-11-18)28-15-19-7-3-4-8-21(19)24/h2-14H,15-16H2,1H3,(H,26,27)/b25-14-. The van der Waals surface area contributed by atoms with E-state index in [2.05, 4.69) is 10.5 Å². The molecule has 6 heteroatoms. The van der Waals surface area contributed by atoms with Gasteiger partial charge in [-0.15, -0.1) is 0 Å². The highest BCUT2D eigenvalue weighted by atomic mass is 35.5. The van der Waals surface area contributed by atoms with Crippen LogP contribution in [0.3, 0.4) is 0 Å². The molecule has 0 unspecified atom stereocenters. The van der Waals surface area contributed by atoms with Crippen LogP contribution in [0, 0.1) is 6.92 Å². The van der Waals surface area contributed by atoms with E-state index in [1.807, 2.05) is 79.7 Å². The monoisotopic (exact) mass is 408 g/mol. The number of rotatable bonds is 8. The second-order valence-corrected chi connectivity index (χ2v) is 6.70. The number of hydrogen-bond donors (Lipinski definition) is 1. The van der Waals surface area contributed by atoms with Gasteiger partial charge in [0.25, 0.3) is 5.91 Å². The molecule has 0 aromatic heterocycles. The van der Waals surface area contributed by atoms with Crippen molar-refractivity contribution in [1.82, 2.24) is 5.43 Å². The molecule has 3 rings (SSSR count). The topological polar surface area (TPSA) is 59.9 Å². The summed E-state index contributed by atoms with van der Waals surface area (Å²) in [6.45, 7) is 2.22. The van der Waals surface area contributed by atoms with Crippen LogP contribution in [0.4, 0.5) is 0 Å². The van der Waals surface area contributed by atoms with Gasteiger partial charge in [0.05, 0.1) is 6.21 Å². The predicted octanol–water partition coefficient (Wildman–Crippen LogP) is 4.76. The number of ether oxygens (including phenoxy) is 2. The number of nitrogens with one attached hydrogen (secondary N) is 1. The molecule has 5 nitrogen and oxygen atoms in total. The van der Waals surface area contributed by atoms with Gasteiger partial charge in [0, 0.05) is 10.6 Å². The van der Waals surface area contributed by atoms with Crippen LogP contribution in [-0.2, 0) is 11.4 Å². The van der Waals surface area contributed by atoms with E-state index < -0.39 is 0 Å². The summed E-state index contributed by atoms with van der Waals surface area (Å²) < 4.78 is 11.2. The molecule has 0 bridgehead atoms. The van der Waals surface area contributed by atoms with E-state index in [1.54, 1.807) is 6.21 Å². The first-order valence-corrected chi connectivity index (χ1v) is 9.46. The smallest absolute Gasteiger partial charge is 0.277 e. The molecule has 0 aliphatic rings. The maximum Gasteiger partial charge on any atom is 0.277 e. The van der Waals surface area contributed by atoms with Crippen molar-refractivity contribution < 1.29 is 14.3 Å². The number of aryl methyl sites for hydroxylation is 1. The Kier molecular flexibility index (Phi) is 7.25. The first-order valence-electron chi connectivity index (χ1n) is 9.08. The van der Waals surface area contributed by atoms with Crippen LogP contribution in [0.2, 0.25) is 5.02 Å². The van der Waals surface area contributed by atoms with Crippen molar-refractivity contribution in [3.8, 4) is 11.5 Å². The van der Waals surface area contributed by atoms with Crippen molar-refractivity contribution in [3.05, 3.63) is 94.5 Å². The number of nitrogens with zero attached hydrogens (tertiary/aromatic N) is 1. The van der Waals surface area contributed by atoms with E-state index in [0.717, 1.165) is 22.4 Å². The lowest BCUT2D eigenvalue weighted by molar-refractivity contribution is -0.123. The maximum atomic E-state index is 11.8. The number of hydrogen-bond acceptors (Lipinski definition) is 4. The van der Waals surface area contributed by atoms with Gasteiger partial charge in [-0.05, 0) is 54.4 Å². The van der Waals surface area contributed by atoms with Gasteiger partial charge in [0.15, 0.2) is 6.61 Å². The first-order chi connectivity index (χ1) is 14.1. The third kappa shape index (κ3) is 6.36. The van der Waals surface area contributed by atoms with E-state index in [4.69, 9.17) is 21.1 Å². The molecule has 29 heavy (non-hydrogen) atoms. The molecule has 0 atom stereocenters. The molecule has 0 spiro atoms. The molecule has 1 N–H and O–H groups in total. The minimum Gasteiger partial charge on any atom is -0.489 e. The summed E-state index contributed by atoms with van der Waals surface area (Å²) in [7, 11) is 0. The van der Waals surface area contributed by atoms with Crippen LogP contribution in [0.15, 0.2) is 77.9 Å². The molecule has 0 radical (unpaired) electrons. The van der Waals surface area contributed by atoms with Crippen LogP contribution >= 0.6 is 11.6 Å². The average molecular weight is 409 g/mol. The Morgan fingerprint density at radius 3 is 2.48 bits per heavy atom. The highest BCUT2D eigenvalue weighted by Gasteiger charge is 2.03. The van der Waals surface area contributed by atoms with Crippen LogP contribution in [-0.4, -0.2) is 18.7 Å². The largest absolute Gasteiger partial charge is 0.489 e. The highest BCUT2D eigenvalue weighted by Crippen LogP contribution is 2.19. The number of amides is 1. The lowest BCUT2D eigenvalue weighted by atomic mass is 10.2. The normalized spacial score (nSPS) is 10.7. The van der Waals surface area contributed by atoms with Crippen LogP contribution < -0.4 is 14.9 Å². The molecular formula is C23H21ClN2O3. The lowest BCUT2D eigenvalue weighted by Crippen LogP contribution is -2.24. The maximum absolute atomic E-state index is 11.8. The summed E-state index contributed by atoms with van der Waals surface area (Å²) in [5.74, 6) is 1.07. The van der Waals surface area contributed by atoms with E-state index in [1.165, 1.54) is 0 Å². The molecule has 148 valence electrons. The van der Waals surface area contributed by atoms with Gasteiger partial charge >= 0.3 is 0 Å². The molecule has 0 saturated carbocycles. The van der Waals surface area contributed by atoms with E-state index in [9.17, 15) is 4.79 Å². The molecule has 0 aliphatic carbocycles. The third-order valence-corrected chi connectivity index (χ3v) is 4.46. The average Bonchev–Trinajstić information content (AvgIpc) is 2.73. The Labute approximate surface area is 174 Å². The fourth-order valence-corrected chi connectivity index (χ4v) is 2.69. The Bertz CT molecular complexity index is 987. The zero-order chi connectivity index (χ0) is 20.5. The van der Waals surface area contributed by atoms with E-state index in [0.29, 0.717) is 17.4 Å². The molecule has 1 amide bonds. The van der Waals surface area contributed by atoms with Gasteiger partial charge in [-0.25, -0.2) is 5.43 Å². The summed E-state index contributed by atoms with van der Waals surface area (Å²) in [6, 6.07) is 22.5. The van der Waals surface area contributed by atoms with E-state index >= 15 is 0 Å². The predicted molar refractivity (Wildman–Crippen MR) is 115 cm³/mol. The number of benzene rings is 3. The Morgan fingerprint density at radius 2 is 1.72 bits per heavy atom. The summed E-state index contributed by atoms with van der Waals surface area (Å²) >= 11 is 6.12. The second kappa shape index (κ2) is 10.3. The highest BCUT2D eigenvalue weighted by molar-refractivity contribution is 6.31. The van der Waals surface area contributed by atoms with Crippen molar-refractivity contribution in [2.45, 2.75) is 13.5 Å². The molecule has 0 heterocycles. The molecule has 0 aliphatic heterocycles. The molecular weight excluding hydrogens is 388 g/mol. The second-order valence-electron chi connectivity index (χ2n) is 6.30. The summed E-state index contributed by atoms with van der Waals surface area (Å²) in [4.78, 5) is 11.8.